The fourth-order valence-electron chi connectivity index (χ4n) is 1.63. The predicted octanol–water partition coefficient (Wildman–Crippen LogP) is -0.578. The van der Waals surface area contributed by atoms with E-state index in [1.807, 2.05) is 0 Å². The SMILES string of the molecule is OB(O)c1cnc(N2CCCCS2(O)O)nc1. The fraction of sp³-hybridized carbons (Fsp3) is 0.500. The molecule has 0 aliphatic carbocycles. The molecule has 0 atom stereocenters. The zero-order valence-electron chi connectivity index (χ0n) is 9.10. The van der Waals surface area contributed by atoms with Gasteiger partial charge in [0.15, 0.2) is 0 Å². The first-order valence-corrected chi connectivity index (χ1v) is 6.90. The van der Waals surface area contributed by atoms with Crippen LogP contribution in [0.3, 0.4) is 0 Å². The zero-order chi connectivity index (χ0) is 12.5. The minimum Gasteiger partial charge on any atom is -0.423 e. The lowest BCUT2D eigenvalue weighted by atomic mass is 9.83. The maximum absolute atomic E-state index is 9.85. The summed E-state index contributed by atoms with van der Waals surface area (Å²) in [4.78, 5) is 7.83. The number of rotatable bonds is 2. The Balaban J connectivity index is 2.21. The van der Waals surface area contributed by atoms with Gasteiger partial charge < -0.3 is 10.0 Å². The Bertz CT molecular complexity index is 389. The predicted molar refractivity (Wildman–Crippen MR) is 66.2 cm³/mol. The van der Waals surface area contributed by atoms with Crippen LogP contribution in [0.15, 0.2) is 12.4 Å². The second-order valence-corrected chi connectivity index (χ2v) is 5.95. The summed E-state index contributed by atoms with van der Waals surface area (Å²) < 4.78 is 21.1. The maximum atomic E-state index is 9.85. The molecule has 1 aromatic heterocycles. The van der Waals surface area contributed by atoms with Gasteiger partial charge in [-0.2, -0.15) is 0 Å². The van der Waals surface area contributed by atoms with Crippen LogP contribution in [-0.2, 0) is 0 Å². The fourth-order valence-corrected chi connectivity index (χ4v) is 3.22. The molecule has 0 bridgehead atoms. The Kier molecular flexibility index (Phi) is 3.54. The summed E-state index contributed by atoms with van der Waals surface area (Å²) in [6.45, 7) is 0.489. The van der Waals surface area contributed by atoms with Gasteiger partial charge in [0.05, 0.1) is 5.75 Å². The first-order chi connectivity index (χ1) is 8.00. The molecule has 0 amide bonds. The summed E-state index contributed by atoms with van der Waals surface area (Å²) in [5.41, 5.74) is 0.169. The molecule has 94 valence electrons. The molecule has 1 saturated heterocycles. The molecule has 2 rings (SSSR count). The lowest BCUT2D eigenvalue weighted by Crippen LogP contribution is -2.37. The van der Waals surface area contributed by atoms with Crippen LogP contribution >= 0.6 is 10.8 Å². The Hall–Kier alpha value is -0.865. The molecule has 0 saturated carbocycles. The summed E-state index contributed by atoms with van der Waals surface area (Å²) in [5, 5.41) is 17.8. The van der Waals surface area contributed by atoms with Crippen molar-refractivity contribution >= 4 is 29.3 Å². The van der Waals surface area contributed by atoms with Crippen LogP contribution in [-0.4, -0.2) is 48.5 Å². The molecule has 0 radical (unpaired) electrons. The molecule has 0 unspecified atom stereocenters. The van der Waals surface area contributed by atoms with Gasteiger partial charge in [-0.05, 0) is 12.8 Å². The summed E-state index contributed by atoms with van der Waals surface area (Å²) in [6, 6.07) is 0. The van der Waals surface area contributed by atoms with Gasteiger partial charge >= 0.3 is 7.12 Å². The average molecular weight is 259 g/mol. The van der Waals surface area contributed by atoms with Crippen LogP contribution in [0, 0.1) is 0 Å². The average Bonchev–Trinajstić information content (AvgIpc) is 2.28. The van der Waals surface area contributed by atoms with Crippen LogP contribution in [0.1, 0.15) is 12.8 Å². The van der Waals surface area contributed by atoms with Crippen molar-refractivity contribution in [2.45, 2.75) is 12.8 Å². The Morgan fingerprint density at radius 3 is 2.35 bits per heavy atom. The van der Waals surface area contributed by atoms with Crippen LogP contribution in [0.25, 0.3) is 0 Å². The highest BCUT2D eigenvalue weighted by atomic mass is 32.3. The Labute approximate surface area is 101 Å². The first kappa shape index (κ1) is 12.6. The van der Waals surface area contributed by atoms with E-state index in [0.29, 0.717) is 12.3 Å². The first-order valence-electron chi connectivity index (χ1n) is 5.22. The van der Waals surface area contributed by atoms with Crippen LogP contribution in [0.2, 0.25) is 0 Å². The van der Waals surface area contributed by atoms with Crippen LogP contribution in [0.4, 0.5) is 5.95 Å². The van der Waals surface area contributed by atoms with Crippen molar-refractivity contribution in [3.05, 3.63) is 12.4 Å². The molecular formula is C8H14BN3O4S. The molecule has 1 aliphatic rings. The van der Waals surface area contributed by atoms with Gasteiger partial charge in [-0.25, -0.2) is 14.3 Å². The molecule has 4 N–H and O–H groups in total. The summed E-state index contributed by atoms with van der Waals surface area (Å²) in [6.07, 6.45) is 4.14. The molecular weight excluding hydrogens is 245 g/mol. The van der Waals surface area contributed by atoms with E-state index in [-0.39, 0.29) is 11.4 Å². The van der Waals surface area contributed by atoms with E-state index in [1.165, 1.54) is 16.7 Å². The number of aromatic nitrogens is 2. The molecule has 1 fully saturated rings. The van der Waals surface area contributed by atoms with Gasteiger partial charge in [0.1, 0.15) is 0 Å². The van der Waals surface area contributed by atoms with Gasteiger partial charge in [-0.1, -0.05) is 0 Å². The zero-order valence-corrected chi connectivity index (χ0v) is 9.92. The maximum Gasteiger partial charge on any atom is 0.491 e. The van der Waals surface area contributed by atoms with Gasteiger partial charge in [-0.3, -0.25) is 9.11 Å². The van der Waals surface area contributed by atoms with E-state index < -0.39 is 17.9 Å². The summed E-state index contributed by atoms with van der Waals surface area (Å²) in [5.74, 6) is 0.523. The van der Waals surface area contributed by atoms with E-state index in [4.69, 9.17) is 10.0 Å². The second kappa shape index (κ2) is 4.79. The highest BCUT2D eigenvalue weighted by Gasteiger charge is 2.28. The third kappa shape index (κ3) is 2.69. The molecule has 1 aliphatic heterocycles. The number of hydrogen-bond donors (Lipinski definition) is 4. The Morgan fingerprint density at radius 2 is 1.82 bits per heavy atom. The van der Waals surface area contributed by atoms with E-state index >= 15 is 0 Å². The third-order valence-electron chi connectivity index (χ3n) is 2.56. The molecule has 2 heterocycles. The lowest BCUT2D eigenvalue weighted by Gasteiger charge is -2.45. The molecule has 17 heavy (non-hydrogen) atoms. The summed E-state index contributed by atoms with van der Waals surface area (Å²) >= 11 is 0. The standard InChI is InChI=1S/C8H14BN3O4S/c13-9(14)7-5-10-8(11-6-7)12-3-1-2-4-17(12,15)16/h5-6,13-16H,1-4H2. The van der Waals surface area contributed by atoms with E-state index in [0.717, 1.165) is 12.8 Å². The highest BCUT2D eigenvalue weighted by Crippen LogP contribution is 2.48. The van der Waals surface area contributed by atoms with Gasteiger partial charge in [-0.15, -0.1) is 10.8 Å². The van der Waals surface area contributed by atoms with Gasteiger partial charge in [0.2, 0.25) is 5.95 Å². The molecule has 0 aromatic carbocycles. The van der Waals surface area contributed by atoms with Crippen molar-refractivity contribution in [2.24, 2.45) is 0 Å². The Morgan fingerprint density at radius 1 is 1.18 bits per heavy atom. The molecule has 0 spiro atoms. The quantitative estimate of drug-likeness (QED) is 0.526. The van der Waals surface area contributed by atoms with Gasteiger partial charge in [0, 0.05) is 24.4 Å². The summed E-state index contributed by atoms with van der Waals surface area (Å²) in [7, 11) is -4.45. The van der Waals surface area contributed by atoms with E-state index in [1.54, 1.807) is 0 Å². The minimum absolute atomic E-state index is 0.169. The third-order valence-corrected chi connectivity index (χ3v) is 4.45. The molecule has 9 heteroatoms. The van der Waals surface area contributed by atoms with Crippen molar-refractivity contribution < 1.29 is 19.2 Å². The van der Waals surface area contributed by atoms with Crippen molar-refractivity contribution in [1.82, 2.24) is 9.97 Å². The monoisotopic (exact) mass is 259 g/mol. The van der Waals surface area contributed by atoms with Crippen LogP contribution in [0.5, 0.6) is 0 Å². The van der Waals surface area contributed by atoms with Crippen molar-refractivity contribution in [2.75, 3.05) is 16.6 Å². The van der Waals surface area contributed by atoms with Crippen molar-refractivity contribution in [3.8, 4) is 0 Å². The number of anilines is 1. The second-order valence-electron chi connectivity index (χ2n) is 3.84. The van der Waals surface area contributed by atoms with Gasteiger partial charge in [0.25, 0.3) is 0 Å². The topological polar surface area (TPSA) is 110 Å². The lowest BCUT2D eigenvalue weighted by molar-refractivity contribution is 0.425. The number of nitrogens with zero attached hydrogens (tertiary/aromatic N) is 3. The molecule has 1 aromatic rings. The van der Waals surface area contributed by atoms with E-state index in [9.17, 15) is 9.11 Å². The normalized spacial score (nSPS) is 21.1. The van der Waals surface area contributed by atoms with Crippen LogP contribution < -0.4 is 9.77 Å². The van der Waals surface area contributed by atoms with Crippen molar-refractivity contribution in [3.63, 3.8) is 0 Å². The minimum atomic E-state index is -2.83. The van der Waals surface area contributed by atoms with Crippen molar-refractivity contribution in [1.29, 1.82) is 0 Å². The molecule has 7 nitrogen and oxygen atoms in total. The smallest absolute Gasteiger partial charge is 0.423 e. The highest BCUT2D eigenvalue weighted by molar-refractivity contribution is 8.25. The van der Waals surface area contributed by atoms with E-state index in [2.05, 4.69) is 9.97 Å². The largest absolute Gasteiger partial charge is 0.491 e. The number of hydrogen-bond acceptors (Lipinski definition) is 7.